The Balaban J connectivity index is 1.18. The Hall–Kier alpha value is -7.51. The highest BCUT2D eigenvalue weighted by molar-refractivity contribution is 6.05. The first-order valence-corrected chi connectivity index (χ1v) is 21.4. The average molecular weight is 875 g/mol. The van der Waals surface area contributed by atoms with E-state index in [1.807, 2.05) is 26.0 Å². The Morgan fingerprint density at radius 1 is 0.703 bits per heavy atom. The third-order valence-electron chi connectivity index (χ3n) is 11.4. The van der Waals surface area contributed by atoms with Crippen LogP contribution in [-0.2, 0) is 31.0 Å². The minimum absolute atomic E-state index is 0.126. The molecule has 0 radical (unpaired) electrons. The monoisotopic (exact) mass is 874 g/mol. The zero-order chi connectivity index (χ0) is 45.2. The number of aryl methyl sites for hydroxylation is 4. The number of amides is 4. The van der Waals surface area contributed by atoms with Crippen molar-refractivity contribution in [2.24, 2.45) is 11.7 Å². The van der Waals surface area contributed by atoms with E-state index < -0.39 is 29.6 Å². The number of ether oxygens (including phenoxy) is 2. The molecule has 2 aromatic carbocycles. The van der Waals surface area contributed by atoms with Crippen molar-refractivity contribution >= 4 is 63.6 Å². The van der Waals surface area contributed by atoms with Gasteiger partial charge in [0.2, 0.25) is 17.8 Å². The van der Waals surface area contributed by atoms with Crippen molar-refractivity contribution in [3.05, 3.63) is 82.5 Å². The van der Waals surface area contributed by atoms with Crippen LogP contribution in [0.2, 0.25) is 0 Å². The number of carbonyl (C=O) groups excluding carboxylic acids is 4. The number of primary amides is 1. The van der Waals surface area contributed by atoms with E-state index in [0.29, 0.717) is 102 Å². The summed E-state index contributed by atoms with van der Waals surface area (Å²) in [5.41, 5.74) is 10.0. The fraction of sp³-hybridized carbons (Fsp3) is 0.386. The second kappa shape index (κ2) is 18.1. The molecule has 4 aromatic heterocycles. The Morgan fingerprint density at radius 2 is 1.19 bits per heavy atom. The summed E-state index contributed by atoms with van der Waals surface area (Å²) in [6.07, 6.45) is 6.07. The van der Waals surface area contributed by atoms with Gasteiger partial charge in [-0.2, -0.15) is 10.2 Å². The van der Waals surface area contributed by atoms with E-state index >= 15 is 0 Å². The lowest BCUT2D eigenvalue weighted by atomic mass is 9.86. The van der Waals surface area contributed by atoms with Gasteiger partial charge < -0.3 is 34.8 Å². The maximum atomic E-state index is 13.9. The third-order valence-corrected chi connectivity index (χ3v) is 11.4. The summed E-state index contributed by atoms with van der Waals surface area (Å²) in [6, 6.07) is 9.56. The number of carboxylic acids is 1. The van der Waals surface area contributed by atoms with Gasteiger partial charge >= 0.3 is 5.97 Å². The molecule has 8 rings (SSSR count). The summed E-state index contributed by atoms with van der Waals surface area (Å²) in [7, 11) is 0. The van der Waals surface area contributed by atoms with Crippen LogP contribution >= 0.6 is 0 Å². The summed E-state index contributed by atoms with van der Waals surface area (Å²) < 4.78 is 19.5. The van der Waals surface area contributed by atoms with Gasteiger partial charge in [-0.1, -0.05) is 12.2 Å². The number of nitrogens with one attached hydrogen (secondary N) is 3. The van der Waals surface area contributed by atoms with E-state index in [2.05, 4.69) is 26.1 Å². The molecule has 20 nitrogen and oxygen atoms in total. The zero-order valence-electron chi connectivity index (χ0n) is 36.0. The number of nitrogens with zero attached hydrogens (tertiary/aromatic N) is 8. The van der Waals surface area contributed by atoms with Crippen LogP contribution in [0.15, 0.2) is 48.6 Å². The molecule has 1 saturated carbocycles. The van der Waals surface area contributed by atoms with E-state index in [0.717, 1.165) is 0 Å². The number of hydrogen-bond donors (Lipinski definition) is 5. The summed E-state index contributed by atoms with van der Waals surface area (Å²) in [4.78, 5) is 75.1. The van der Waals surface area contributed by atoms with Crippen LogP contribution in [0.4, 0.5) is 11.9 Å². The molecule has 0 spiro atoms. The van der Waals surface area contributed by atoms with Crippen LogP contribution in [0, 0.1) is 19.8 Å². The van der Waals surface area contributed by atoms with Crippen LogP contribution in [0.25, 0.3) is 22.1 Å². The summed E-state index contributed by atoms with van der Waals surface area (Å²) >= 11 is 0. The lowest BCUT2D eigenvalue weighted by molar-refractivity contribution is -0.142. The summed E-state index contributed by atoms with van der Waals surface area (Å²) in [5, 5.41) is 27.3. The number of carbonyl (C=O) groups is 5. The van der Waals surface area contributed by atoms with Crippen LogP contribution in [0.3, 0.4) is 0 Å². The van der Waals surface area contributed by atoms with Crippen LogP contribution in [0.1, 0.15) is 99.0 Å². The number of carboxylic acid groups (broad SMARTS) is 1. The van der Waals surface area contributed by atoms with Crippen molar-refractivity contribution in [3.63, 3.8) is 0 Å². The Labute approximate surface area is 366 Å². The smallest absolute Gasteiger partial charge is 0.306 e. The van der Waals surface area contributed by atoms with E-state index in [-0.39, 0.29) is 61.3 Å². The minimum atomic E-state index is -0.828. The van der Waals surface area contributed by atoms with Gasteiger partial charge in [0, 0.05) is 49.8 Å². The molecule has 2 aliphatic rings. The van der Waals surface area contributed by atoms with Crippen molar-refractivity contribution in [2.75, 3.05) is 23.8 Å². The number of aromatic nitrogens is 8. The van der Waals surface area contributed by atoms with Crippen molar-refractivity contribution < 1.29 is 38.6 Å². The Bertz CT molecular complexity index is 2840. The normalized spacial score (nSPS) is 17.1. The van der Waals surface area contributed by atoms with Gasteiger partial charge in [-0.3, -0.25) is 44.0 Å². The Morgan fingerprint density at radius 3 is 1.66 bits per heavy atom. The van der Waals surface area contributed by atoms with Crippen LogP contribution < -0.4 is 31.2 Å². The Kier molecular flexibility index (Phi) is 12.2. The molecule has 334 valence electrons. The van der Waals surface area contributed by atoms with Gasteiger partial charge in [0.05, 0.1) is 41.6 Å². The van der Waals surface area contributed by atoms with Gasteiger partial charge in [-0.25, -0.2) is 9.97 Å². The zero-order valence-corrected chi connectivity index (χ0v) is 36.0. The number of allylic oxidation sites excluding steroid dienone is 2. The number of nitrogens with two attached hydrogens (primary N) is 1. The molecule has 0 bridgehead atoms. The second-order valence-corrected chi connectivity index (χ2v) is 15.9. The fourth-order valence-electron chi connectivity index (χ4n) is 8.31. The third kappa shape index (κ3) is 8.75. The molecule has 0 saturated heterocycles. The predicted octanol–water partition coefficient (Wildman–Crippen LogP) is 4.83. The quantitative estimate of drug-likeness (QED) is 0.116. The van der Waals surface area contributed by atoms with Gasteiger partial charge in [-0.15, -0.1) is 0 Å². The van der Waals surface area contributed by atoms with Gasteiger partial charge in [0.25, 0.3) is 17.7 Å². The second-order valence-electron chi connectivity index (χ2n) is 15.9. The molecule has 1 fully saturated rings. The molecule has 1 aliphatic carbocycles. The topological polar surface area (TPSA) is 257 Å². The van der Waals surface area contributed by atoms with Gasteiger partial charge in [-0.05, 0) is 89.8 Å². The fourth-order valence-corrected chi connectivity index (χ4v) is 8.31. The van der Waals surface area contributed by atoms with Crippen molar-refractivity contribution in [1.82, 2.24) is 44.0 Å². The first-order chi connectivity index (χ1) is 30.8. The predicted molar refractivity (Wildman–Crippen MR) is 235 cm³/mol. The summed E-state index contributed by atoms with van der Waals surface area (Å²) in [6.45, 7) is 8.93. The van der Waals surface area contributed by atoms with Crippen LogP contribution in [0.5, 0.6) is 11.5 Å². The molecule has 0 unspecified atom stereocenters. The van der Waals surface area contributed by atoms with E-state index in [1.165, 1.54) is 0 Å². The van der Waals surface area contributed by atoms with Gasteiger partial charge in [0.15, 0.2) is 0 Å². The first kappa shape index (κ1) is 43.2. The summed E-state index contributed by atoms with van der Waals surface area (Å²) in [5.74, 6) is -2.14. The molecule has 0 atom stereocenters. The standard InChI is InChI=1S/C44H50N12O8/c1-5-55-32(18-24(3)51-55)40(59)49-43-47-30-20-27(38(45)57)22-34-36(30)53(43)14-7-8-15-54-37-31(48-44(54)50-41(60)33-19-25(4)52-56(33)6-2)21-28(23-35(37)64-17-9-16-63-34)39(58)46-29-12-10-26(11-13-29)42(61)62/h7-8,18-23,26,29H,5-6,9-17H2,1-4H3,(H2,45,57)(H,46,58)(H,61,62)(H,47,49,59)(H,48,50,60)/b8-7+. The van der Waals surface area contributed by atoms with Crippen molar-refractivity contribution in [3.8, 4) is 11.5 Å². The molecule has 64 heavy (non-hydrogen) atoms. The largest absolute Gasteiger partial charge is 0.491 e. The SMILES string of the molecule is CCn1nc(C)cc1C(=O)Nc1nc2cc(C(N)=O)cc3c2n1C/C=C/Cn1c(NC(=O)c2cc(C)nn2CC)nc2cc(C(=O)NC4CCC(C(=O)O)CC4)cc(c21)OCCCO3. The van der Waals surface area contributed by atoms with Crippen molar-refractivity contribution in [1.29, 1.82) is 0 Å². The van der Waals surface area contributed by atoms with Crippen molar-refractivity contribution in [2.45, 2.75) is 92.0 Å². The maximum absolute atomic E-state index is 13.9. The molecule has 6 aromatic rings. The highest BCUT2D eigenvalue weighted by Gasteiger charge is 2.29. The molecule has 4 amide bonds. The lowest BCUT2D eigenvalue weighted by Crippen LogP contribution is -2.38. The number of hydrogen-bond acceptors (Lipinski definition) is 11. The lowest BCUT2D eigenvalue weighted by Gasteiger charge is -2.26. The average Bonchev–Trinajstić information content (AvgIpc) is 4.03. The van der Waals surface area contributed by atoms with E-state index in [4.69, 9.17) is 25.2 Å². The molecule has 1 aliphatic heterocycles. The molecular formula is C44H50N12O8. The number of rotatable bonds is 10. The van der Waals surface area contributed by atoms with Crippen LogP contribution in [-0.4, -0.2) is 92.6 Å². The molecule has 20 heteroatoms. The number of anilines is 2. The highest BCUT2D eigenvalue weighted by atomic mass is 16.5. The van der Waals surface area contributed by atoms with E-state index in [1.54, 1.807) is 68.7 Å². The molecule has 5 heterocycles. The van der Waals surface area contributed by atoms with E-state index in [9.17, 15) is 29.1 Å². The number of aliphatic carboxylic acids is 1. The molecular weight excluding hydrogens is 825 g/mol. The van der Waals surface area contributed by atoms with Gasteiger partial charge in [0.1, 0.15) is 33.9 Å². The molecule has 6 N–H and O–H groups in total. The maximum Gasteiger partial charge on any atom is 0.306 e. The minimum Gasteiger partial charge on any atom is -0.491 e. The number of benzene rings is 2. The first-order valence-electron chi connectivity index (χ1n) is 21.4. The highest BCUT2D eigenvalue weighted by Crippen LogP contribution is 2.34. The number of imidazole rings is 2.